The predicted octanol–water partition coefficient (Wildman–Crippen LogP) is 2.77. The Labute approximate surface area is 259 Å². The lowest BCUT2D eigenvalue weighted by Gasteiger charge is -2.23. The molecule has 1 atom stereocenters. The van der Waals surface area contributed by atoms with Crippen molar-refractivity contribution in [3.8, 4) is 17.2 Å². The summed E-state index contributed by atoms with van der Waals surface area (Å²) in [5.74, 6) is -6.98. The molecule has 3 aliphatic rings. The lowest BCUT2D eigenvalue weighted by atomic mass is 9.76. The first-order chi connectivity index (χ1) is 21.4. The largest absolute Gasteiger partial charge is 0.507 e. The number of aromatic amines is 1. The van der Waals surface area contributed by atoms with E-state index in [0.717, 1.165) is 26.2 Å². The molecule has 3 aromatic rings. The molecule has 0 saturated heterocycles. The number of carbonyl (C=O) groups is 4. The number of aromatic hydroxyl groups is 3. The number of nitrogens with zero attached hydrogens (tertiary/aromatic N) is 2. The van der Waals surface area contributed by atoms with E-state index in [2.05, 4.69) is 10.1 Å². The van der Waals surface area contributed by atoms with Gasteiger partial charge in [0.25, 0.3) is 5.56 Å². The van der Waals surface area contributed by atoms with Gasteiger partial charge in [-0.1, -0.05) is 16.8 Å². The van der Waals surface area contributed by atoms with Crippen molar-refractivity contribution < 1.29 is 44.1 Å². The van der Waals surface area contributed by atoms with Crippen LogP contribution in [-0.2, 0) is 21.4 Å². The molecule has 1 aromatic heterocycles. The highest BCUT2D eigenvalue weighted by molar-refractivity contribution is 6.41. The number of phenols is 3. The maximum Gasteiger partial charge on any atom is 0.260 e. The quantitative estimate of drug-likeness (QED) is 0.0979. The normalized spacial score (nSPS) is 18.7. The Kier molecular flexibility index (Phi) is 7.05. The molecule has 3 aliphatic carbocycles. The van der Waals surface area contributed by atoms with Crippen LogP contribution >= 0.6 is 11.6 Å². The fraction of sp³-hybridized carbons (Fsp3) is 0.290. The number of nitrogens with one attached hydrogen (secondary N) is 1. The van der Waals surface area contributed by atoms with Gasteiger partial charge in [-0.15, -0.1) is 0 Å². The number of methoxy groups -OCH3 is 1. The lowest BCUT2D eigenvalue weighted by molar-refractivity contribution is 0.0790. The smallest absolute Gasteiger partial charge is 0.260 e. The topological polar surface area (TPSA) is 196 Å². The summed E-state index contributed by atoms with van der Waals surface area (Å²) < 4.78 is 4.92. The number of rotatable bonds is 7. The van der Waals surface area contributed by atoms with E-state index in [4.69, 9.17) is 21.2 Å². The molecule has 0 fully saturated rings. The minimum atomic E-state index is -2.20. The van der Waals surface area contributed by atoms with Gasteiger partial charge in [0.15, 0.2) is 23.1 Å². The number of oxime groups is 1. The highest BCUT2D eigenvalue weighted by atomic mass is 35.5. The fourth-order valence-corrected chi connectivity index (χ4v) is 6.80. The fourth-order valence-electron chi connectivity index (χ4n) is 6.46. The van der Waals surface area contributed by atoms with Crippen LogP contribution in [0.5, 0.6) is 17.2 Å². The zero-order valence-electron chi connectivity index (χ0n) is 24.2. The molecular weight excluding hydrogens is 610 g/mol. The number of pyridine rings is 1. The Morgan fingerprint density at radius 3 is 2.33 bits per heavy atom. The zero-order valence-corrected chi connectivity index (χ0v) is 25.0. The van der Waals surface area contributed by atoms with E-state index in [1.165, 1.54) is 12.3 Å². The van der Waals surface area contributed by atoms with Crippen LogP contribution in [0.1, 0.15) is 71.1 Å². The van der Waals surface area contributed by atoms with Gasteiger partial charge in [-0.25, -0.2) is 0 Å². The number of hydrogen-bond acceptors (Lipinski definition) is 12. The minimum absolute atomic E-state index is 0.00280. The van der Waals surface area contributed by atoms with Crippen LogP contribution in [0.15, 0.2) is 27.9 Å². The van der Waals surface area contributed by atoms with Gasteiger partial charge in [-0.2, -0.15) is 0 Å². The van der Waals surface area contributed by atoms with Crippen LogP contribution in [0.2, 0.25) is 5.02 Å². The second-order valence-corrected chi connectivity index (χ2v) is 11.6. The molecule has 0 amide bonds. The summed E-state index contributed by atoms with van der Waals surface area (Å²) >= 11 is 6.76. The number of ether oxygens (including phenoxy) is 1. The van der Waals surface area contributed by atoms with Gasteiger partial charge in [-0.3, -0.25) is 24.0 Å². The van der Waals surface area contributed by atoms with Gasteiger partial charge in [0.2, 0.25) is 5.78 Å². The maximum atomic E-state index is 14.2. The highest BCUT2D eigenvalue weighted by Crippen LogP contribution is 2.58. The number of hydrogen-bond donors (Lipinski definition) is 4. The van der Waals surface area contributed by atoms with Crippen molar-refractivity contribution in [1.82, 2.24) is 9.88 Å². The molecule has 232 valence electrons. The van der Waals surface area contributed by atoms with Crippen molar-refractivity contribution in [2.24, 2.45) is 5.16 Å². The Hall–Kier alpha value is -5.01. The van der Waals surface area contributed by atoms with Crippen molar-refractivity contribution >= 4 is 51.7 Å². The van der Waals surface area contributed by atoms with Crippen LogP contribution in [-0.4, -0.2) is 88.9 Å². The van der Waals surface area contributed by atoms with Gasteiger partial charge in [0.1, 0.15) is 29.3 Å². The van der Waals surface area contributed by atoms with Crippen LogP contribution in [0.4, 0.5) is 0 Å². The Morgan fingerprint density at radius 1 is 1.02 bits per heavy atom. The lowest BCUT2D eigenvalue weighted by Crippen LogP contribution is -2.36. The second-order valence-electron chi connectivity index (χ2n) is 11.3. The van der Waals surface area contributed by atoms with Crippen molar-refractivity contribution in [3.05, 3.63) is 72.4 Å². The van der Waals surface area contributed by atoms with E-state index in [9.17, 15) is 39.3 Å². The molecule has 0 bridgehead atoms. The number of halogens is 1. The number of phenolic OH excluding ortho intramolecular Hbond substituents is 3. The van der Waals surface area contributed by atoms with E-state index in [0.29, 0.717) is 6.61 Å². The summed E-state index contributed by atoms with van der Waals surface area (Å²) in [6, 6.07) is 1.47. The Balaban J connectivity index is 1.47. The molecule has 0 saturated carbocycles. The van der Waals surface area contributed by atoms with Crippen molar-refractivity contribution in [1.29, 1.82) is 0 Å². The standard InChI is InChI=1S/C31H26ClN3O10/c1-35(2)7-4-8-45-33-11-12-9-14-17(30(43)34-12)27(40)22-13(23(14)32)5-6-31(22)28(41)20-21(29(31)42)26(39)19-18(25(20)38)15(36)10-16(44-3)24(19)37/h9-11,38-40H,4-8H2,1-3H3,(H,34,43)/b33-11+/t31-/m0/s1. The van der Waals surface area contributed by atoms with Gasteiger partial charge >= 0.3 is 0 Å². The van der Waals surface area contributed by atoms with Crippen molar-refractivity contribution in [2.75, 3.05) is 34.4 Å². The number of benzene rings is 2. The maximum absolute atomic E-state index is 14.2. The summed E-state index contributed by atoms with van der Waals surface area (Å²) in [5, 5.41) is 37.5. The minimum Gasteiger partial charge on any atom is -0.507 e. The van der Waals surface area contributed by atoms with Crippen LogP contribution in [0.3, 0.4) is 0 Å². The summed E-state index contributed by atoms with van der Waals surface area (Å²) in [7, 11) is 4.98. The van der Waals surface area contributed by atoms with Crippen molar-refractivity contribution in [2.45, 2.75) is 24.7 Å². The van der Waals surface area contributed by atoms with E-state index in [1.807, 2.05) is 19.0 Å². The number of fused-ring (bicyclic) bond motifs is 5. The first-order valence-corrected chi connectivity index (χ1v) is 14.2. The molecule has 13 nitrogen and oxygen atoms in total. The van der Waals surface area contributed by atoms with Gasteiger partial charge < -0.3 is 34.8 Å². The summed E-state index contributed by atoms with van der Waals surface area (Å²) in [6.45, 7) is 1.14. The van der Waals surface area contributed by atoms with E-state index >= 15 is 0 Å². The third-order valence-corrected chi connectivity index (χ3v) is 8.90. The van der Waals surface area contributed by atoms with E-state index in [1.54, 1.807) is 0 Å². The predicted molar refractivity (Wildman–Crippen MR) is 160 cm³/mol. The molecule has 0 unspecified atom stereocenters. The molecule has 1 spiro atoms. The number of Topliss-reactive ketones (excluding diaryl/α,β-unsaturated/α-hetero) is 3. The molecule has 45 heavy (non-hydrogen) atoms. The zero-order chi connectivity index (χ0) is 32.5. The number of carbonyl (C=O) groups excluding carboxylic acids is 4. The Bertz CT molecular complexity index is 2030. The summed E-state index contributed by atoms with van der Waals surface area (Å²) in [4.78, 5) is 77.1. The van der Waals surface area contributed by atoms with Gasteiger partial charge in [0, 0.05) is 23.6 Å². The number of H-pyrrole nitrogens is 1. The van der Waals surface area contributed by atoms with Gasteiger partial charge in [-0.05, 0) is 45.0 Å². The number of ketones is 4. The van der Waals surface area contributed by atoms with Crippen LogP contribution in [0, 0.1) is 0 Å². The van der Waals surface area contributed by atoms with Gasteiger partial charge in [0.05, 0.1) is 51.7 Å². The summed E-state index contributed by atoms with van der Waals surface area (Å²) in [5.41, 5.74) is -5.48. The average molecular weight is 636 g/mol. The molecule has 2 aromatic carbocycles. The molecule has 14 heteroatoms. The third kappa shape index (κ3) is 4.11. The van der Waals surface area contributed by atoms with Crippen molar-refractivity contribution in [3.63, 3.8) is 0 Å². The summed E-state index contributed by atoms with van der Waals surface area (Å²) in [6.07, 6.45) is 2.57. The van der Waals surface area contributed by atoms with E-state index < -0.39 is 79.4 Å². The second kappa shape index (κ2) is 10.6. The SMILES string of the molecule is COC1=CC(=O)c2c(O)c3c(c(O)c2C1=O)C(=O)[C@]1(CCc2c1c(O)c1c(=O)[nH]c(/C=N/OCCCN(C)C)cc1c2Cl)C3=O. The molecule has 1 heterocycles. The molecule has 6 rings (SSSR count). The molecule has 0 aliphatic heterocycles. The monoisotopic (exact) mass is 635 g/mol. The highest BCUT2D eigenvalue weighted by Gasteiger charge is 2.62. The van der Waals surface area contributed by atoms with Crippen LogP contribution in [0.25, 0.3) is 10.8 Å². The number of aromatic nitrogens is 1. The molecule has 0 radical (unpaired) electrons. The average Bonchev–Trinajstić information content (AvgIpc) is 3.50. The molecule has 4 N–H and O–H groups in total. The molecular formula is C31H26ClN3O10. The third-order valence-electron chi connectivity index (χ3n) is 8.47. The van der Waals surface area contributed by atoms with E-state index in [-0.39, 0.29) is 45.5 Å². The first kappa shape index (κ1) is 30.0. The number of allylic oxidation sites excluding steroid dienone is 2. The first-order valence-electron chi connectivity index (χ1n) is 13.8. The van der Waals surface area contributed by atoms with Crippen LogP contribution < -0.4 is 5.56 Å². The Morgan fingerprint density at radius 2 is 1.69 bits per heavy atom.